The van der Waals surface area contributed by atoms with E-state index in [9.17, 15) is 10.2 Å². The fourth-order valence-electron chi connectivity index (χ4n) is 4.34. The molecule has 1 aliphatic carbocycles. The molecule has 0 aromatic heterocycles. The summed E-state index contributed by atoms with van der Waals surface area (Å²) in [7, 11) is 0. The minimum atomic E-state index is -0.335. The average Bonchev–Trinajstić information content (AvgIpc) is 2.68. The summed E-state index contributed by atoms with van der Waals surface area (Å²) in [6.45, 7) is 13.2. The van der Waals surface area contributed by atoms with Crippen LogP contribution in [0.15, 0.2) is 23.8 Å². The van der Waals surface area contributed by atoms with Crippen molar-refractivity contribution < 1.29 is 14.9 Å². The zero-order chi connectivity index (χ0) is 21.7. The lowest BCUT2D eigenvalue weighted by Crippen LogP contribution is -2.38. The Balaban J connectivity index is 2.19. The van der Waals surface area contributed by atoms with Crippen molar-refractivity contribution in [3.8, 4) is 11.5 Å². The van der Waals surface area contributed by atoms with Crippen LogP contribution < -0.4 is 4.74 Å². The quantitative estimate of drug-likeness (QED) is 0.333. The Morgan fingerprint density at radius 1 is 1.10 bits per heavy atom. The molecular formula is C26H42O3. The number of allylic oxidation sites excluding steroid dienone is 1. The molecule has 0 radical (unpaired) electrons. The molecule has 2 N–H and O–H groups in total. The molecule has 0 saturated carbocycles. The van der Waals surface area contributed by atoms with Gasteiger partial charge in [0.05, 0.1) is 6.61 Å². The maximum Gasteiger partial charge on any atom is 0.127 e. The van der Waals surface area contributed by atoms with Gasteiger partial charge in [0.25, 0.3) is 0 Å². The van der Waals surface area contributed by atoms with Crippen molar-refractivity contribution in [2.45, 2.75) is 104 Å². The Labute approximate surface area is 178 Å². The van der Waals surface area contributed by atoms with Crippen molar-refractivity contribution in [2.75, 3.05) is 6.61 Å². The van der Waals surface area contributed by atoms with Gasteiger partial charge < -0.3 is 14.9 Å². The Hall–Kier alpha value is -1.48. The number of unbranched alkanes of at least 4 members (excludes halogenated alkanes) is 3. The van der Waals surface area contributed by atoms with E-state index in [1.54, 1.807) is 0 Å². The van der Waals surface area contributed by atoms with E-state index in [1.165, 1.54) is 25.7 Å². The lowest BCUT2D eigenvalue weighted by Gasteiger charge is -2.37. The van der Waals surface area contributed by atoms with Gasteiger partial charge in [0.2, 0.25) is 0 Å². The summed E-state index contributed by atoms with van der Waals surface area (Å²) in [5, 5.41) is 20.0. The van der Waals surface area contributed by atoms with E-state index < -0.39 is 0 Å². The Kier molecular flexibility index (Phi) is 8.22. The third-order valence-corrected chi connectivity index (χ3v) is 6.83. The highest BCUT2D eigenvalue weighted by Crippen LogP contribution is 2.41. The first-order chi connectivity index (χ1) is 13.6. The number of ether oxygens (including phenoxy) is 1. The molecule has 0 spiro atoms. The highest BCUT2D eigenvalue weighted by molar-refractivity contribution is 5.48. The van der Waals surface area contributed by atoms with Gasteiger partial charge in [-0.15, -0.1) is 0 Å². The molecule has 0 fully saturated rings. The molecule has 0 amide bonds. The molecule has 1 aliphatic rings. The third-order valence-electron chi connectivity index (χ3n) is 6.83. The molecule has 0 aliphatic heterocycles. The molecule has 3 heteroatoms. The van der Waals surface area contributed by atoms with Crippen LogP contribution in [0.3, 0.4) is 0 Å². The molecular weight excluding hydrogens is 360 g/mol. The largest absolute Gasteiger partial charge is 0.508 e. The van der Waals surface area contributed by atoms with E-state index in [0.29, 0.717) is 11.7 Å². The summed E-state index contributed by atoms with van der Waals surface area (Å²) < 4.78 is 6.55. The van der Waals surface area contributed by atoms with Crippen LogP contribution in [0.25, 0.3) is 0 Å². The fraction of sp³-hybridized carbons (Fsp3) is 0.692. The van der Waals surface area contributed by atoms with E-state index >= 15 is 0 Å². The minimum Gasteiger partial charge on any atom is -0.508 e. The number of aliphatic hydroxyl groups is 1. The van der Waals surface area contributed by atoms with Crippen molar-refractivity contribution in [3.63, 3.8) is 0 Å². The summed E-state index contributed by atoms with van der Waals surface area (Å²) in [6, 6.07) is 4.07. The highest BCUT2D eigenvalue weighted by Gasteiger charge is 2.34. The summed E-state index contributed by atoms with van der Waals surface area (Å²) in [6.07, 6.45) is 11.2. The van der Waals surface area contributed by atoms with Crippen LogP contribution >= 0.6 is 0 Å². The van der Waals surface area contributed by atoms with E-state index in [-0.39, 0.29) is 17.6 Å². The van der Waals surface area contributed by atoms with Crippen LogP contribution in [-0.2, 0) is 5.41 Å². The van der Waals surface area contributed by atoms with E-state index in [4.69, 9.17) is 4.74 Å². The zero-order valence-electron chi connectivity index (χ0n) is 19.5. The average molecular weight is 403 g/mol. The van der Waals surface area contributed by atoms with Crippen molar-refractivity contribution in [2.24, 2.45) is 5.92 Å². The predicted molar refractivity (Wildman–Crippen MR) is 122 cm³/mol. The number of phenols is 1. The van der Waals surface area contributed by atoms with Gasteiger partial charge >= 0.3 is 0 Å². The SMILES string of the molecule is CCCCCCC(C)(C)c1cc(O)c(C)c(OC(C)(C)[C@H]2CC=C(CO)CC2)c1. The summed E-state index contributed by atoms with van der Waals surface area (Å²) in [4.78, 5) is 0. The van der Waals surface area contributed by atoms with Gasteiger partial charge in [-0.25, -0.2) is 0 Å². The second-order valence-electron chi connectivity index (χ2n) is 10.0. The smallest absolute Gasteiger partial charge is 0.127 e. The molecule has 0 heterocycles. The Bertz CT molecular complexity index is 700. The number of rotatable bonds is 10. The zero-order valence-corrected chi connectivity index (χ0v) is 19.5. The van der Waals surface area contributed by atoms with Gasteiger partial charge in [0.15, 0.2) is 0 Å². The van der Waals surface area contributed by atoms with Crippen LogP contribution in [0.4, 0.5) is 0 Å². The number of benzene rings is 1. The second-order valence-corrected chi connectivity index (χ2v) is 10.0. The summed E-state index contributed by atoms with van der Waals surface area (Å²) >= 11 is 0. The second kappa shape index (κ2) is 10.0. The Morgan fingerprint density at radius 2 is 1.83 bits per heavy atom. The summed E-state index contributed by atoms with van der Waals surface area (Å²) in [5.41, 5.74) is 2.77. The van der Waals surface area contributed by atoms with Gasteiger partial charge in [-0.05, 0) is 75.1 Å². The van der Waals surface area contributed by atoms with Crippen LogP contribution in [-0.4, -0.2) is 22.4 Å². The first kappa shape index (κ1) is 23.8. The predicted octanol–water partition coefficient (Wildman–Crippen LogP) is 6.82. The maximum atomic E-state index is 10.6. The topological polar surface area (TPSA) is 49.7 Å². The standard InChI is InChI=1S/C26H42O3/c1-7-8-9-10-15-25(3,4)22-16-23(28)19(2)24(17-22)29-26(5,6)21-13-11-20(18-27)12-14-21/h11,16-17,21,27-28H,7-10,12-15,18H2,1-6H3/t21-/m0/s1. The van der Waals surface area contributed by atoms with Crippen LogP contribution in [0.5, 0.6) is 11.5 Å². The molecule has 1 aromatic rings. The molecule has 1 aromatic carbocycles. The van der Waals surface area contributed by atoms with Crippen molar-refractivity contribution >= 4 is 0 Å². The first-order valence-electron chi connectivity index (χ1n) is 11.4. The van der Waals surface area contributed by atoms with Crippen LogP contribution in [0.2, 0.25) is 0 Å². The van der Waals surface area contributed by atoms with Gasteiger partial charge in [-0.1, -0.05) is 52.5 Å². The van der Waals surface area contributed by atoms with E-state index in [2.05, 4.69) is 46.8 Å². The van der Waals surface area contributed by atoms with Gasteiger partial charge in [0, 0.05) is 11.5 Å². The highest BCUT2D eigenvalue weighted by atomic mass is 16.5. The van der Waals surface area contributed by atoms with Crippen LogP contribution in [0, 0.1) is 12.8 Å². The minimum absolute atomic E-state index is 0.00474. The molecule has 0 bridgehead atoms. The first-order valence-corrected chi connectivity index (χ1v) is 11.4. The normalized spacial score (nSPS) is 17.9. The lowest BCUT2D eigenvalue weighted by molar-refractivity contribution is 0.0367. The third kappa shape index (κ3) is 6.25. The summed E-state index contributed by atoms with van der Waals surface area (Å²) in [5.74, 6) is 1.51. The molecule has 0 unspecified atom stereocenters. The van der Waals surface area contributed by atoms with Crippen LogP contribution in [0.1, 0.15) is 97.1 Å². The van der Waals surface area contributed by atoms with E-state index in [0.717, 1.165) is 48.1 Å². The van der Waals surface area contributed by atoms with Crippen molar-refractivity contribution in [3.05, 3.63) is 34.9 Å². The van der Waals surface area contributed by atoms with E-state index in [1.807, 2.05) is 13.0 Å². The van der Waals surface area contributed by atoms with Crippen molar-refractivity contribution in [1.29, 1.82) is 0 Å². The number of aromatic hydroxyl groups is 1. The van der Waals surface area contributed by atoms with Gasteiger partial charge in [0.1, 0.15) is 17.1 Å². The lowest BCUT2D eigenvalue weighted by atomic mass is 9.78. The number of phenolic OH excluding ortho intramolecular Hbond substituents is 1. The van der Waals surface area contributed by atoms with Gasteiger partial charge in [-0.3, -0.25) is 0 Å². The number of aliphatic hydroxyl groups excluding tert-OH is 1. The molecule has 29 heavy (non-hydrogen) atoms. The Morgan fingerprint density at radius 3 is 2.41 bits per heavy atom. The molecule has 2 rings (SSSR count). The van der Waals surface area contributed by atoms with Crippen molar-refractivity contribution in [1.82, 2.24) is 0 Å². The fourth-order valence-corrected chi connectivity index (χ4v) is 4.34. The molecule has 3 nitrogen and oxygen atoms in total. The monoisotopic (exact) mass is 402 g/mol. The maximum absolute atomic E-state index is 10.6. The molecule has 1 atom stereocenters. The molecule has 0 saturated heterocycles. The number of hydrogen-bond acceptors (Lipinski definition) is 3. The number of hydrogen-bond donors (Lipinski definition) is 2. The van der Waals surface area contributed by atoms with Gasteiger partial charge in [-0.2, -0.15) is 0 Å². The molecule has 164 valence electrons.